The zero-order valence-electron chi connectivity index (χ0n) is 18.4. The van der Waals surface area contributed by atoms with Gasteiger partial charge in [0.2, 0.25) is 10.0 Å². The van der Waals surface area contributed by atoms with E-state index >= 15 is 0 Å². The third kappa shape index (κ3) is 4.98. The number of aromatic hydroxyl groups is 1. The SMILES string of the molecule is CN(C)S(=O)(=O)c1c(Cl)ccc(Nc2nsnc2N[C@@H](c2ccccc2)C(C)(C)C)c1O. The van der Waals surface area contributed by atoms with Crippen molar-refractivity contribution in [3.05, 3.63) is 53.1 Å². The van der Waals surface area contributed by atoms with Gasteiger partial charge >= 0.3 is 0 Å². The molecule has 0 fully saturated rings. The molecule has 0 saturated heterocycles. The van der Waals surface area contributed by atoms with Crippen molar-refractivity contribution in [3.63, 3.8) is 0 Å². The normalized spacial score (nSPS) is 13.2. The smallest absolute Gasteiger partial charge is 0.247 e. The highest BCUT2D eigenvalue weighted by atomic mass is 35.5. The van der Waals surface area contributed by atoms with Crippen LogP contribution in [0.2, 0.25) is 5.02 Å². The van der Waals surface area contributed by atoms with Gasteiger partial charge in [0.25, 0.3) is 0 Å². The van der Waals surface area contributed by atoms with Gasteiger partial charge < -0.3 is 15.7 Å². The molecule has 0 unspecified atom stereocenters. The van der Waals surface area contributed by atoms with Crippen LogP contribution in [0, 0.1) is 5.41 Å². The number of phenolic OH excluding ortho intramolecular Hbond substituents is 1. The molecule has 1 aromatic heterocycles. The van der Waals surface area contributed by atoms with Crippen LogP contribution in [0.15, 0.2) is 47.4 Å². The number of hydrogen-bond donors (Lipinski definition) is 3. The molecule has 3 aromatic rings. The van der Waals surface area contributed by atoms with Gasteiger partial charge in [-0.3, -0.25) is 0 Å². The third-order valence-corrected chi connectivity index (χ3v) is 7.69. The van der Waals surface area contributed by atoms with E-state index in [0.717, 1.165) is 21.6 Å². The number of aromatic nitrogens is 2. The molecule has 8 nitrogen and oxygen atoms in total. The van der Waals surface area contributed by atoms with E-state index in [-0.39, 0.29) is 27.1 Å². The number of benzene rings is 2. The Bertz CT molecular complexity index is 1190. The molecule has 1 heterocycles. The van der Waals surface area contributed by atoms with Crippen LogP contribution in [0.1, 0.15) is 32.4 Å². The van der Waals surface area contributed by atoms with E-state index in [1.807, 2.05) is 30.3 Å². The minimum Gasteiger partial charge on any atom is -0.504 e. The number of sulfonamides is 1. The molecule has 0 amide bonds. The van der Waals surface area contributed by atoms with Gasteiger partial charge in [-0.1, -0.05) is 62.7 Å². The minimum absolute atomic E-state index is 0.0726. The lowest BCUT2D eigenvalue weighted by Crippen LogP contribution is -2.26. The number of rotatable bonds is 7. The van der Waals surface area contributed by atoms with Crippen molar-refractivity contribution in [1.29, 1.82) is 0 Å². The lowest BCUT2D eigenvalue weighted by Gasteiger charge is -2.32. The minimum atomic E-state index is -3.96. The second-order valence-corrected chi connectivity index (χ2v) is 11.5. The highest BCUT2D eigenvalue weighted by Gasteiger charge is 2.29. The molecule has 0 aliphatic carbocycles. The number of hydrogen-bond acceptors (Lipinski definition) is 8. The highest BCUT2D eigenvalue weighted by molar-refractivity contribution is 7.89. The fourth-order valence-electron chi connectivity index (χ4n) is 3.15. The summed E-state index contributed by atoms with van der Waals surface area (Å²) in [5.41, 5.74) is 1.10. The Kier molecular flexibility index (Phi) is 6.99. The van der Waals surface area contributed by atoms with Crippen molar-refractivity contribution in [2.45, 2.75) is 31.7 Å². The van der Waals surface area contributed by atoms with E-state index in [0.29, 0.717) is 11.6 Å². The van der Waals surface area contributed by atoms with Crippen molar-refractivity contribution in [2.24, 2.45) is 5.41 Å². The van der Waals surface area contributed by atoms with Gasteiger partial charge in [-0.25, -0.2) is 12.7 Å². The third-order valence-electron chi connectivity index (χ3n) is 4.84. The van der Waals surface area contributed by atoms with Gasteiger partial charge in [0, 0.05) is 14.1 Å². The predicted molar refractivity (Wildman–Crippen MR) is 129 cm³/mol. The van der Waals surface area contributed by atoms with Gasteiger partial charge in [-0.05, 0) is 23.1 Å². The Hall–Kier alpha value is -2.40. The summed E-state index contributed by atoms with van der Waals surface area (Å²) in [6.45, 7) is 6.36. The van der Waals surface area contributed by atoms with Crippen molar-refractivity contribution in [3.8, 4) is 5.75 Å². The summed E-state index contributed by atoms with van der Waals surface area (Å²) < 4.78 is 34.9. The van der Waals surface area contributed by atoms with Gasteiger partial charge in [0.1, 0.15) is 4.90 Å². The summed E-state index contributed by atoms with van der Waals surface area (Å²) >= 11 is 7.10. The molecule has 0 aliphatic heterocycles. The van der Waals surface area contributed by atoms with E-state index in [1.165, 1.54) is 26.2 Å². The summed E-state index contributed by atoms with van der Waals surface area (Å²) in [5.74, 6) is 0.372. The molecule has 3 rings (SSSR count). The number of phenols is 1. The van der Waals surface area contributed by atoms with E-state index in [9.17, 15) is 13.5 Å². The van der Waals surface area contributed by atoms with Crippen LogP contribution in [0.25, 0.3) is 0 Å². The van der Waals surface area contributed by atoms with Gasteiger partial charge in [0.15, 0.2) is 17.4 Å². The largest absolute Gasteiger partial charge is 0.504 e. The van der Waals surface area contributed by atoms with Crippen LogP contribution in [-0.4, -0.2) is 40.7 Å². The topological polar surface area (TPSA) is 107 Å². The van der Waals surface area contributed by atoms with Crippen LogP contribution in [0.4, 0.5) is 17.3 Å². The van der Waals surface area contributed by atoms with Crippen molar-refractivity contribution < 1.29 is 13.5 Å². The number of anilines is 3. The van der Waals surface area contributed by atoms with Gasteiger partial charge in [0.05, 0.1) is 28.5 Å². The maximum Gasteiger partial charge on any atom is 0.247 e. The molecule has 1 atom stereocenters. The molecule has 172 valence electrons. The summed E-state index contributed by atoms with van der Waals surface area (Å²) in [4.78, 5) is -0.372. The maximum absolute atomic E-state index is 12.6. The standard InChI is InChI=1S/C21H26ClN5O3S2/c1-21(2,3)18(13-9-7-6-8-10-13)24-20-19(25-31-26-20)23-15-12-11-14(22)17(16(15)28)32(29,30)27(4)5/h6-12,18,28H,1-5H3,(H,23,25)(H,24,26)/t18-/m0/s1. The zero-order chi connectivity index (χ0) is 23.7. The van der Waals surface area contributed by atoms with E-state index in [2.05, 4.69) is 40.2 Å². The Morgan fingerprint density at radius 1 is 1.06 bits per heavy atom. The van der Waals surface area contributed by atoms with E-state index in [4.69, 9.17) is 11.6 Å². The second kappa shape index (κ2) is 9.22. The van der Waals surface area contributed by atoms with Gasteiger partial charge in [-0.2, -0.15) is 8.75 Å². The molecule has 0 radical (unpaired) electrons. The maximum atomic E-state index is 12.6. The summed E-state index contributed by atoms with van der Waals surface area (Å²) in [5, 5.41) is 17.1. The molecule has 2 aromatic carbocycles. The zero-order valence-corrected chi connectivity index (χ0v) is 20.8. The number of halogens is 1. The molecule has 3 N–H and O–H groups in total. The first kappa shape index (κ1) is 24.2. The molecule has 11 heteroatoms. The fraction of sp³-hybridized carbons (Fsp3) is 0.333. The molecular formula is C21H26ClN5O3S2. The lowest BCUT2D eigenvalue weighted by atomic mass is 9.82. The van der Waals surface area contributed by atoms with Crippen molar-refractivity contribution in [2.75, 3.05) is 24.7 Å². The highest BCUT2D eigenvalue weighted by Crippen LogP contribution is 2.41. The number of nitrogens with one attached hydrogen (secondary N) is 2. The Balaban J connectivity index is 1.97. The first-order valence-electron chi connectivity index (χ1n) is 9.78. The number of nitrogens with zero attached hydrogens (tertiary/aromatic N) is 3. The molecular weight excluding hydrogens is 470 g/mol. The van der Waals surface area contributed by atoms with Crippen LogP contribution in [0.3, 0.4) is 0 Å². The monoisotopic (exact) mass is 495 g/mol. The van der Waals surface area contributed by atoms with Crippen molar-refractivity contribution in [1.82, 2.24) is 13.1 Å². The Labute approximate surface area is 197 Å². The molecule has 0 spiro atoms. The Morgan fingerprint density at radius 3 is 2.28 bits per heavy atom. The second-order valence-electron chi connectivity index (χ2n) is 8.50. The first-order valence-corrected chi connectivity index (χ1v) is 12.3. The molecule has 0 bridgehead atoms. The van der Waals surface area contributed by atoms with Crippen LogP contribution in [0.5, 0.6) is 5.75 Å². The summed E-state index contributed by atoms with van der Waals surface area (Å²) in [7, 11) is -1.22. The average Bonchev–Trinajstić information content (AvgIpc) is 3.14. The van der Waals surface area contributed by atoms with E-state index < -0.39 is 15.8 Å². The molecule has 32 heavy (non-hydrogen) atoms. The molecule has 0 aliphatic rings. The quantitative estimate of drug-likeness (QED) is 0.392. The summed E-state index contributed by atoms with van der Waals surface area (Å²) in [6.07, 6.45) is 0. The van der Waals surface area contributed by atoms with Crippen molar-refractivity contribution >= 4 is 50.7 Å². The first-order chi connectivity index (χ1) is 14.9. The van der Waals surface area contributed by atoms with Crippen LogP contribution < -0.4 is 10.6 Å². The average molecular weight is 496 g/mol. The summed E-state index contributed by atoms with van der Waals surface area (Å²) in [6, 6.07) is 12.8. The van der Waals surface area contributed by atoms with E-state index in [1.54, 1.807) is 0 Å². The molecule has 0 saturated carbocycles. The lowest BCUT2D eigenvalue weighted by molar-refractivity contribution is 0.347. The fourth-order valence-corrected chi connectivity index (χ4v) is 5.10. The Morgan fingerprint density at radius 2 is 1.69 bits per heavy atom. The van der Waals surface area contributed by atoms with Gasteiger partial charge in [-0.15, -0.1) is 0 Å². The van der Waals surface area contributed by atoms with Crippen LogP contribution >= 0.6 is 23.3 Å². The predicted octanol–water partition coefficient (Wildman–Crippen LogP) is 5.09. The van der Waals surface area contributed by atoms with Crippen LogP contribution in [-0.2, 0) is 10.0 Å².